The van der Waals surface area contributed by atoms with Gasteiger partial charge in [0.1, 0.15) is 6.10 Å². The van der Waals surface area contributed by atoms with Gasteiger partial charge in [0.05, 0.1) is 19.8 Å². The standard InChI is InChI=1S/C53H100NO7P/c1-3-5-7-9-11-13-15-17-19-21-23-25-27-29-31-33-35-37-39-41-43-45-48-58-50-52(51-60-62(56,57)59-49-47-54)61-53(55)46-44-42-40-38-36-34-32-30-28-26-24-22-20-18-16-14-12-10-8-6-4-2/h15-18,21-24,52H,3-14,19-20,25-51,54H2,1-2H3,(H,56,57)/b17-15-,18-16-,23-21-,24-22-. The van der Waals surface area contributed by atoms with E-state index < -0.39 is 13.9 Å². The molecular weight excluding hydrogens is 794 g/mol. The molecule has 0 heterocycles. The quantitative estimate of drug-likeness (QED) is 0.0268. The second-order valence-corrected chi connectivity index (χ2v) is 18.8. The largest absolute Gasteiger partial charge is 0.472 e. The van der Waals surface area contributed by atoms with Crippen molar-refractivity contribution in [3.05, 3.63) is 48.6 Å². The first kappa shape index (κ1) is 60.5. The molecule has 0 aliphatic rings. The number of unbranched alkanes of at least 4 members (excludes halogenated alkanes) is 29. The Balaban J connectivity index is 3.95. The maximum atomic E-state index is 12.7. The molecule has 0 spiro atoms. The number of allylic oxidation sites excluding steroid dienone is 8. The van der Waals surface area contributed by atoms with Gasteiger partial charge >= 0.3 is 13.8 Å². The Morgan fingerprint density at radius 3 is 1.26 bits per heavy atom. The number of esters is 1. The van der Waals surface area contributed by atoms with Crippen molar-refractivity contribution in [2.45, 2.75) is 251 Å². The van der Waals surface area contributed by atoms with Crippen molar-refractivity contribution in [3.8, 4) is 0 Å². The Kier molecular flexibility index (Phi) is 49.2. The van der Waals surface area contributed by atoms with E-state index in [1.54, 1.807) is 0 Å². The van der Waals surface area contributed by atoms with Gasteiger partial charge in [-0.2, -0.15) is 0 Å². The molecule has 0 aliphatic carbocycles. The van der Waals surface area contributed by atoms with Crippen LogP contribution < -0.4 is 5.73 Å². The Morgan fingerprint density at radius 1 is 0.484 bits per heavy atom. The Labute approximate surface area is 383 Å². The molecule has 0 aliphatic heterocycles. The van der Waals surface area contributed by atoms with Crippen LogP contribution in [-0.4, -0.2) is 49.9 Å². The van der Waals surface area contributed by atoms with E-state index >= 15 is 0 Å². The predicted molar refractivity (Wildman–Crippen MR) is 266 cm³/mol. The van der Waals surface area contributed by atoms with Gasteiger partial charge in [-0.3, -0.25) is 13.8 Å². The highest BCUT2D eigenvalue weighted by Gasteiger charge is 2.25. The number of rotatable bonds is 50. The van der Waals surface area contributed by atoms with E-state index in [4.69, 9.17) is 24.3 Å². The van der Waals surface area contributed by atoms with E-state index in [9.17, 15) is 14.3 Å². The summed E-state index contributed by atoms with van der Waals surface area (Å²) in [4.78, 5) is 22.6. The van der Waals surface area contributed by atoms with Gasteiger partial charge in [-0.15, -0.1) is 0 Å². The molecule has 0 radical (unpaired) electrons. The van der Waals surface area contributed by atoms with Gasteiger partial charge in [0.15, 0.2) is 0 Å². The minimum Gasteiger partial charge on any atom is -0.457 e. The minimum absolute atomic E-state index is 0.0976. The van der Waals surface area contributed by atoms with Gasteiger partial charge in [-0.1, -0.05) is 210 Å². The third kappa shape index (κ3) is 49.5. The average molecular weight is 894 g/mol. The lowest BCUT2D eigenvalue weighted by atomic mass is 10.1. The van der Waals surface area contributed by atoms with E-state index in [2.05, 4.69) is 62.5 Å². The first-order valence-electron chi connectivity index (χ1n) is 26.1. The van der Waals surface area contributed by atoms with Gasteiger partial charge < -0.3 is 20.1 Å². The van der Waals surface area contributed by atoms with E-state index in [0.717, 1.165) is 44.9 Å². The van der Waals surface area contributed by atoms with E-state index in [1.807, 2.05) is 0 Å². The zero-order valence-corrected chi connectivity index (χ0v) is 41.5. The minimum atomic E-state index is -4.29. The van der Waals surface area contributed by atoms with Crippen molar-refractivity contribution in [1.29, 1.82) is 0 Å². The molecule has 0 rings (SSSR count). The molecule has 364 valence electrons. The Hall–Kier alpha value is -1.54. The van der Waals surface area contributed by atoms with Gasteiger partial charge in [-0.25, -0.2) is 4.57 Å². The fraction of sp³-hybridized carbons (Fsp3) is 0.830. The van der Waals surface area contributed by atoms with E-state index in [0.29, 0.717) is 13.0 Å². The van der Waals surface area contributed by atoms with Crippen LogP contribution in [-0.2, 0) is 27.9 Å². The first-order chi connectivity index (χ1) is 30.4. The molecule has 0 bridgehead atoms. The number of ether oxygens (including phenoxy) is 2. The fourth-order valence-corrected chi connectivity index (χ4v) is 8.12. The molecule has 0 aromatic carbocycles. The smallest absolute Gasteiger partial charge is 0.457 e. The molecule has 0 saturated carbocycles. The summed E-state index contributed by atoms with van der Waals surface area (Å²) in [7, 11) is -4.29. The third-order valence-corrected chi connectivity index (χ3v) is 12.2. The SMILES string of the molecule is CCCCCCC/C=C\C/C=C\CCCCCCCCCCCCOCC(COP(=O)(O)OCCN)OC(=O)CCCCCCCCCCC/C=C\C/C=C\CCCCCCC. The lowest BCUT2D eigenvalue weighted by Crippen LogP contribution is -2.28. The molecule has 8 nitrogen and oxygen atoms in total. The maximum absolute atomic E-state index is 12.7. The van der Waals surface area contributed by atoms with Crippen molar-refractivity contribution in [2.24, 2.45) is 5.73 Å². The van der Waals surface area contributed by atoms with Crippen LogP contribution in [0.4, 0.5) is 0 Å². The van der Waals surface area contributed by atoms with Gasteiger partial charge in [0.25, 0.3) is 0 Å². The number of nitrogens with two attached hydrogens (primary N) is 1. The van der Waals surface area contributed by atoms with E-state index in [1.165, 1.54) is 180 Å². The normalized spacial score (nSPS) is 13.7. The van der Waals surface area contributed by atoms with Gasteiger partial charge in [-0.05, 0) is 77.0 Å². The molecule has 0 aromatic heterocycles. The molecular formula is C53H100NO7P. The number of carbonyl (C=O) groups excluding carboxylic acids is 1. The van der Waals surface area contributed by atoms with Gasteiger partial charge in [0.2, 0.25) is 0 Å². The summed E-state index contributed by atoms with van der Waals surface area (Å²) in [5, 5.41) is 0. The molecule has 0 aromatic rings. The number of hydrogen-bond donors (Lipinski definition) is 2. The second kappa shape index (κ2) is 50.5. The lowest BCUT2D eigenvalue weighted by molar-refractivity contribution is -0.154. The van der Waals surface area contributed by atoms with Crippen LogP contribution in [0.2, 0.25) is 0 Å². The summed E-state index contributed by atoms with van der Waals surface area (Å²) in [6.07, 6.45) is 61.4. The van der Waals surface area contributed by atoms with Crippen molar-refractivity contribution >= 4 is 13.8 Å². The summed E-state index contributed by atoms with van der Waals surface area (Å²) in [5.41, 5.74) is 5.39. The summed E-state index contributed by atoms with van der Waals surface area (Å²) in [5.74, 6) is -0.334. The summed E-state index contributed by atoms with van der Waals surface area (Å²) < 4.78 is 33.6. The highest BCUT2D eigenvalue weighted by Crippen LogP contribution is 2.43. The summed E-state index contributed by atoms with van der Waals surface area (Å²) in [6.45, 7) is 4.92. The summed E-state index contributed by atoms with van der Waals surface area (Å²) in [6, 6.07) is 0. The van der Waals surface area contributed by atoms with Crippen molar-refractivity contribution < 1.29 is 32.8 Å². The van der Waals surface area contributed by atoms with Crippen LogP contribution in [0.5, 0.6) is 0 Å². The topological polar surface area (TPSA) is 117 Å². The zero-order valence-electron chi connectivity index (χ0n) is 40.6. The number of carbonyl (C=O) groups is 1. The molecule has 62 heavy (non-hydrogen) atoms. The predicted octanol–water partition coefficient (Wildman–Crippen LogP) is 16.3. The lowest BCUT2D eigenvalue weighted by Gasteiger charge is -2.20. The maximum Gasteiger partial charge on any atom is 0.472 e. The van der Waals surface area contributed by atoms with Crippen LogP contribution in [0.3, 0.4) is 0 Å². The Bertz CT molecular complexity index is 1090. The molecule has 0 fully saturated rings. The molecule has 0 amide bonds. The molecule has 2 unspecified atom stereocenters. The fourth-order valence-electron chi connectivity index (χ4n) is 7.35. The third-order valence-electron chi connectivity index (χ3n) is 11.2. The van der Waals surface area contributed by atoms with E-state index in [-0.39, 0.29) is 32.3 Å². The second-order valence-electron chi connectivity index (χ2n) is 17.4. The monoisotopic (exact) mass is 894 g/mol. The van der Waals surface area contributed by atoms with Crippen LogP contribution >= 0.6 is 7.82 Å². The highest BCUT2D eigenvalue weighted by molar-refractivity contribution is 7.47. The molecule has 2 atom stereocenters. The number of phosphoric ester groups is 1. The number of hydrogen-bond acceptors (Lipinski definition) is 7. The van der Waals surface area contributed by atoms with Crippen molar-refractivity contribution in [2.75, 3.05) is 33.0 Å². The molecule has 3 N–H and O–H groups in total. The zero-order chi connectivity index (χ0) is 45.1. The van der Waals surface area contributed by atoms with Crippen LogP contribution in [0.25, 0.3) is 0 Å². The Morgan fingerprint density at radius 2 is 0.855 bits per heavy atom. The highest BCUT2D eigenvalue weighted by atomic mass is 31.2. The van der Waals surface area contributed by atoms with Crippen molar-refractivity contribution in [1.82, 2.24) is 0 Å². The van der Waals surface area contributed by atoms with Gasteiger partial charge in [0, 0.05) is 19.6 Å². The summed E-state index contributed by atoms with van der Waals surface area (Å²) >= 11 is 0. The number of phosphoric acid groups is 1. The first-order valence-corrected chi connectivity index (χ1v) is 27.6. The molecule has 0 saturated heterocycles. The van der Waals surface area contributed by atoms with Crippen molar-refractivity contribution in [3.63, 3.8) is 0 Å². The average Bonchev–Trinajstić information content (AvgIpc) is 3.26. The van der Waals surface area contributed by atoms with Crippen LogP contribution in [0.1, 0.15) is 245 Å². The van der Waals surface area contributed by atoms with Crippen LogP contribution in [0, 0.1) is 0 Å². The van der Waals surface area contributed by atoms with Crippen LogP contribution in [0.15, 0.2) is 48.6 Å². The molecule has 9 heteroatoms.